The zero-order valence-electron chi connectivity index (χ0n) is 23.3. The van der Waals surface area contributed by atoms with Gasteiger partial charge in [0.2, 0.25) is 5.91 Å². The summed E-state index contributed by atoms with van der Waals surface area (Å²) in [7, 11) is 1.58. The van der Waals surface area contributed by atoms with Crippen LogP contribution in [0.2, 0.25) is 0 Å². The number of aliphatic hydroxyl groups is 1. The third-order valence-corrected chi connectivity index (χ3v) is 11.3. The van der Waals surface area contributed by atoms with Gasteiger partial charge in [0.15, 0.2) is 0 Å². The number of rotatable bonds is 13. The highest BCUT2D eigenvalue weighted by atomic mass is 79.9. The Bertz CT molecular complexity index is 1130. The summed E-state index contributed by atoms with van der Waals surface area (Å²) >= 11 is 5.33. The number of carbonyl (C=O) groups excluding carboxylic acids is 3. The van der Waals surface area contributed by atoms with Crippen LogP contribution < -0.4 is 9.64 Å². The molecule has 1 aromatic rings. The van der Waals surface area contributed by atoms with E-state index in [1.165, 1.54) is 0 Å². The third-order valence-electron chi connectivity index (χ3n) is 8.11. The Kier molecular flexibility index (Phi) is 9.73. The smallest absolute Gasteiger partial charge is 0.310 e. The maximum atomic E-state index is 14.7. The average molecular weight is 636 g/mol. The SMILES string of the molecule is C=CCCOC(=O)[C@H]1[C@@H]2SC3(CC2Br)C(C(=O)N(CC=C)c2ccc(OC)cc2)N([C@@H](CO)CC(C)C)C(=O)[C@H]13. The molecule has 0 radical (unpaired) electrons. The van der Waals surface area contributed by atoms with E-state index in [9.17, 15) is 19.5 Å². The van der Waals surface area contributed by atoms with Gasteiger partial charge in [-0.2, -0.15) is 0 Å². The molecule has 3 aliphatic rings. The van der Waals surface area contributed by atoms with Gasteiger partial charge in [-0.05, 0) is 49.4 Å². The van der Waals surface area contributed by atoms with E-state index in [4.69, 9.17) is 9.47 Å². The molecule has 7 atom stereocenters. The van der Waals surface area contributed by atoms with Gasteiger partial charge in [-0.3, -0.25) is 14.4 Å². The Morgan fingerprint density at radius 1 is 1.27 bits per heavy atom. The molecule has 2 amide bonds. The lowest BCUT2D eigenvalue weighted by atomic mass is 9.71. The van der Waals surface area contributed by atoms with Crippen LogP contribution in [-0.2, 0) is 19.1 Å². The molecular weight excluding hydrogens is 596 g/mol. The largest absolute Gasteiger partial charge is 0.497 e. The summed E-state index contributed by atoms with van der Waals surface area (Å²) in [5.41, 5.74) is 0.649. The Morgan fingerprint density at radius 3 is 2.55 bits per heavy atom. The van der Waals surface area contributed by atoms with Gasteiger partial charge in [-0.25, -0.2) is 0 Å². The molecule has 1 spiro atoms. The molecule has 2 bridgehead atoms. The van der Waals surface area contributed by atoms with Gasteiger partial charge in [-0.15, -0.1) is 24.9 Å². The van der Waals surface area contributed by atoms with Crippen LogP contribution in [0.25, 0.3) is 0 Å². The Labute approximate surface area is 249 Å². The highest BCUT2D eigenvalue weighted by molar-refractivity contribution is 9.09. The summed E-state index contributed by atoms with van der Waals surface area (Å²) in [4.78, 5) is 45.7. The van der Waals surface area contributed by atoms with Crippen molar-refractivity contribution in [2.45, 2.75) is 60.0 Å². The topological polar surface area (TPSA) is 96.4 Å². The van der Waals surface area contributed by atoms with Crippen LogP contribution in [0.15, 0.2) is 49.6 Å². The van der Waals surface area contributed by atoms with Crippen LogP contribution in [0.3, 0.4) is 0 Å². The molecule has 0 saturated carbocycles. The zero-order valence-corrected chi connectivity index (χ0v) is 25.7. The van der Waals surface area contributed by atoms with Gasteiger partial charge in [0.25, 0.3) is 5.91 Å². The number of ether oxygens (including phenoxy) is 2. The third kappa shape index (κ3) is 5.34. The Balaban J connectivity index is 1.80. The lowest BCUT2D eigenvalue weighted by Crippen LogP contribution is -2.58. The number of amides is 2. The number of anilines is 1. The average Bonchev–Trinajstić information content (AvgIpc) is 3.53. The molecule has 0 aliphatic carbocycles. The van der Waals surface area contributed by atoms with Crippen molar-refractivity contribution >= 4 is 51.2 Å². The first-order valence-electron chi connectivity index (χ1n) is 13.7. The van der Waals surface area contributed by atoms with Crippen LogP contribution >= 0.6 is 27.7 Å². The van der Waals surface area contributed by atoms with E-state index in [2.05, 4.69) is 29.1 Å². The minimum absolute atomic E-state index is 0.0692. The summed E-state index contributed by atoms with van der Waals surface area (Å²) in [5, 5.41) is 10.3. The molecule has 3 aliphatic heterocycles. The number of likely N-dealkylation sites (tertiary alicyclic amines) is 1. The van der Waals surface area contributed by atoms with Crippen LogP contribution in [0.1, 0.15) is 33.1 Å². The maximum Gasteiger partial charge on any atom is 0.310 e. The molecule has 3 fully saturated rings. The van der Waals surface area contributed by atoms with E-state index in [0.717, 1.165) is 0 Å². The number of halogens is 1. The molecule has 4 rings (SSSR count). The minimum atomic E-state index is -0.871. The van der Waals surface area contributed by atoms with Crippen molar-refractivity contribution in [1.82, 2.24) is 4.90 Å². The molecule has 3 saturated heterocycles. The van der Waals surface area contributed by atoms with Gasteiger partial charge in [-0.1, -0.05) is 41.9 Å². The van der Waals surface area contributed by atoms with Crippen LogP contribution in [0.4, 0.5) is 5.69 Å². The number of hydrogen-bond acceptors (Lipinski definition) is 7. The van der Waals surface area contributed by atoms with Crippen molar-refractivity contribution in [3.8, 4) is 5.75 Å². The van der Waals surface area contributed by atoms with E-state index in [1.54, 1.807) is 65.1 Å². The Hall–Kier alpha value is -2.30. The lowest BCUT2D eigenvalue weighted by molar-refractivity contribution is -0.154. The predicted octanol–water partition coefficient (Wildman–Crippen LogP) is 4.21. The van der Waals surface area contributed by atoms with Gasteiger partial charge in [0.05, 0.1) is 42.9 Å². The molecule has 8 nitrogen and oxygen atoms in total. The number of aliphatic hydroxyl groups excluding tert-OH is 1. The summed E-state index contributed by atoms with van der Waals surface area (Å²) < 4.78 is 10.1. The predicted molar refractivity (Wildman–Crippen MR) is 161 cm³/mol. The molecule has 3 unspecified atom stereocenters. The highest BCUT2D eigenvalue weighted by Crippen LogP contribution is 2.68. The zero-order chi connectivity index (χ0) is 29.2. The van der Waals surface area contributed by atoms with E-state index >= 15 is 0 Å². The van der Waals surface area contributed by atoms with Gasteiger partial charge >= 0.3 is 5.97 Å². The standard InChI is InChI=1S/C30H39BrN2O6S/c1-6-8-14-39-29(37)23-24-27(35)33(20(17-34)15-18(3)4)26(30(24)16-22(31)25(23)40-30)28(36)32(13-7-2)19-9-11-21(38-5)12-10-19/h6-7,9-12,18,20,22-26,34H,1-2,8,13-17H2,3-5H3/t20-,22?,23-,24+,25-,26?,30?/m1/s1. The number of thioether (sulfide) groups is 1. The molecule has 0 aromatic heterocycles. The second kappa shape index (κ2) is 12.7. The number of methoxy groups -OCH3 is 1. The van der Waals surface area contributed by atoms with E-state index < -0.39 is 34.6 Å². The molecule has 10 heteroatoms. The normalized spacial score (nSPS) is 29.3. The van der Waals surface area contributed by atoms with Crippen molar-refractivity contribution in [1.29, 1.82) is 0 Å². The van der Waals surface area contributed by atoms with E-state index in [0.29, 0.717) is 30.7 Å². The number of fused-ring (bicyclic) bond motifs is 1. The first kappa shape index (κ1) is 30.7. The Morgan fingerprint density at radius 2 is 1.98 bits per heavy atom. The quantitative estimate of drug-likeness (QED) is 0.150. The fraction of sp³-hybridized carbons (Fsp3) is 0.567. The van der Waals surface area contributed by atoms with Crippen molar-refractivity contribution < 1.29 is 29.0 Å². The van der Waals surface area contributed by atoms with E-state index in [-0.39, 0.29) is 47.6 Å². The monoisotopic (exact) mass is 634 g/mol. The summed E-state index contributed by atoms with van der Waals surface area (Å²) in [5.74, 6) is -1.50. The van der Waals surface area contributed by atoms with Crippen molar-refractivity contribution in [2.75, 3.05) is 31.8 Å². The molecular formula is C30H39BrN2O6S. The van der Waals surface area contributed by atoms with Gasteiger partial charge < -0.3 is 24.4 Å². The van der Waals surface area contributed by atoms with Gasteiger partial charge in [0, 0.05) is 22.3 Å². The number of alkyl halides is 1. The summed E-state index contributed by atoms with van der Waals surface area (Å²) in [6, 6.07) is 5.75. The number of hydrogen-bond donors (Lipinski definition) is 1. The maximum absolute atomic E-state index is 14.7. The number of benzene rings is 1. The summed E-state index contributed by atoms with van der Waals surface area (Å²) in [6.07, 6.45) is 4.93. The number of esters is 1. The lowest BCUT2D eigenvalue weighted by Gasteiger charge is -2.40. The summed E-state index contributed by atoms with van der Waals surface area (Å²) in [6.45, 7) is 11.7. The molecule has 1 aromatic carbocycles. The molecule has 218 valence electrons. The fourth-order valence-corrected chi connectivity index (χ4v) is 10.1. The van der Waals surface area contributed by atoms with Gasteiger partial charge in [0.1, 0.15) is 11.8 Å². The minimum Gasteiger partial charge on any atom is -0.497 e. The fourth-order valence-electron chi connectivity index (χ4n) is 6.53. The second-order valence-corrected chi connectivity index (χ2v) is 13.8. The first-order chi connectivity index (χ1) is 19.1. The van der Waals surface area contributed by atoms with Crippen LogP contribution in [0.5, 0.6) is 5.75 Å². The molecule has 40 heavy (non-hydrogen) atoms. The first-order valence-corrected chi connectivity index (χ1v) is 15.5. The number of carbonyl (C=O) groups is 3. The second-order valence-electron chi connectivity index (χ2n) is 11.1. The van der Waals surface area contributed by atoms with Crippen molar-refractivity contribution in [2.24, 2.45) is 17.8 Å². The van der Waals surface area contributed by atoms with Crippen LogP contribution in [-0.4, -0.2) is 81.6 Å². The molecule has 1 N–H and O–H groups in total. The molecule has 3 heterocycles. The highest BCUT2D eigenvalue weighted by Gasteiger charge is 2.76. The number of nitrogens with zero attached hydrogens (tertiary/aromatic N) is 2. The van der Waals surface area contributed by atoms with E-state index in [1.807, 2.05) is 13.8 Å². The van der Waals surface area contributed by atoms with Crippen molar-refractivity contribution in [3.63, 3.8) is 0 Å². The van der Waals surface area contributed by atoms with Crippen molar-refractivity contribution in [3.05, 3.63) is 49.6 Å². The van der Waals surface area contributed by atoms with Crippen LogP contribution in [0, 0.1) is 17.8 Å².